The number of ether oxygens (including phenoxy) is 2. The Hall–Kier alpha value is -2.02. The first kappa shape index (κ1) is 21.7. The van der Waals surface area contributed by atoms with Gasteiger partial charge in [-0.2, -0.15) is 0 Å². The molecule has 0 aromatic heterocycles. The Morgan fingerprint density at radius 2 is 1.86 bits per heavy atom. The largest absolute Gasteiger partial charge is 0.490 e. The molecule has 2 aromatic rings. The number of rotatable bonds is 7. The van der Waals surface area contributed by atoms with Gasteiger partial charge in [-0.05, 0) is 54.3 Å². The van der Waals surface area contributed by atoms with Gasteiger partial charge < -0.3 is 14.8 Å². The number of halogens is 1. The molecule has 1 amide bonds. The van der Waals surface area contributed by atoms with Crippen LogP contribution in [0.3, 0.4) is 0 Å². The lowest BCUT2D eigenvalue weighted by Gasteiger charge is -2.16. The zero-order chi connectivity index (χ0) is 21.0. The molecular formula is C22H22ClNO3S2. The Morgan fingerprint density at radius 3 is 2.52 bits per heavy atom. The summed E-state index contributed by atoms with van der Waals surface area (Å²) < 4.78 is 12.3. The van der Waals surface area contributed by atoms with E-state index in [0.29, 0.717) is 39.1 Å². The fourth-order valence-corrected chi connectivity index (χ4v) is 4.09. The highest BCUT2D eigenvalue weighted by molar-refractivity contribution is 8.26. The molecule has 0 aliphatic carbocycles. The second kappa shape index (κ2) is 9.65. The molecule has 29 heavy (non-hydrogen) atoms. The molecule has 0 spiro atoms. The van der Waals surface area contributed by atoms with Crippen LogP contribution >= 0.6 is 35.6 Å². The fraction of sp³-hybridized carbons (Fsp3) is 0.273. The average molecular weight is 448 g/mol. The van der Waals surface area contributed by atoms with Crippen LogP contribution in [0.1, 0.15) is 36.5 Å². The van der Waals surface area contributed by atoms with Gasteiger partial charge in [0.25, 0.3) is 5.91 Å². The molecule has 1 fully saturated rings. The van der Waals surface area contributed by atoms with Crippen LogP contribution in [0.25, 0.3) is 6.08 Å². The van der Waals surface area contributed by atoms with Crippen molar-refractivity contribution in [2.45, 2.75) is 26.7 Å². The van der Waals surface area contributed by atoms with Gasteiger partial charge in [-0.1, -0.05) is 61.6 Å². The number of benzene rings is 2. The van der Waals surface area contributed by atoms with Gasteiger partial charge in [-0.3, -0.25) is 4.79 Å². The van der Waals surface area contributed by atoms with Gasteiger partial charge in [0, 0.05) is 10.6 Å². The number of thioether (sulfide) groups is 1. The summed E-state index contributed by atoms with van der Waals surface area (Å²) in [7, 11) is 0. The van der Waals surface area contributed by atoms with Gasteiger partial charge in [0.1, 0.15) is 29.0 Å². The van der Waals surface area contributed by atoms with E-state index >= 15 is 0 Å². The van der Waals surface area contributed by atoms with Crippen LogP contribution in [0, 0.1) is 6.92 Å². The summed E-state index contributed by atoms with van der Waals surface area (Å²) in [6.07, 6.45) is 1.73. The lowest BCUT2D eigenvalue weighted by molar-refractivity contribution is -0.115. The molecule has 1 heterocycles. The van der Waals surface area contributed by atoms with Crippen LogP contribution in [-0.4, -0.2) is 23.4 Å². The summed E-state index contributed by atoms with van der Waals surface area (Å²) in [5.41, 5.74) is 3.05. The van der Waals surface area contributed by atoms with E-state index in [9.17, 15) is 4.79 Å². The van der Waals surface area contributed by atoms with E-state index in [2.05, 4.69) is 31.3 Å². The molecule has 0 saturated carbocycles. The molecule has 0 bridgehead atoms. The Kier molecular flexibility index (Phi) is 7.22. The highest BCUT2D eigenvalue weighted by atomic mass is 35.5. The molecule has 1 N–H and O–H groups in total. The summed E-state index contributed by atoms with van der Waals surface area (Å²) in [5, 5.41) is 3.17. The monoisotopic (exact) mass is 447 g/mol. The lowest BCUT2D eigenvalue weighted by Crippen LogP contribution is -2.17. The number of carbonyl (C=O) groups excluding carboxylic acids is 1. The first-order valence-electron chi connectivity index (χ1n) is 9.24. The second-order valence-electron chi connectivity index (χ2n) is 6.93. The van der Waals surface area contributed by atoms with Crippen molar-refractivity contribution >= 4 is 51.9 Å². The van der Waals surface area contributed by atoms with Crippen LogP contribution in [-0.2, 0) is 4.79 Å². The molecular weight excluding hydrogens is 426 g/mol. The summed E-state index contributed by atoms with van der Waals surface area (Å²) >= 11 is 12.4. The van der Waals surface area contributed by atoms with E-state index in [4.69, 9.17) is 33.3 Å². The number of nitrogens with one attached hydrogen (secondary N) is 1. The average Bonchev–Trinajstić information content (AvgIpc) is 2.97. The standard InChI is InChI=1S/C22H22ClNO3S2/c1-13(2)17-6-4-14(3)10-19(17)27-9-8-26-18-7-5-16(23)11-15(18)12-20-21(25)24-22(28)29-20/h4-7,10-13H,8-9H2,1-3H3,(H,24,25,28). The second-order valence-corrected chi connectivity index (χ2v) is 9.08. The van der Waals surface area contributed by atoms with Gasteiger partial charge in [-0.25, -0.2) is 0 Å². The van der Waals surface area contributed by atoms with E-state index in [1.165, 1.54) is 17.3 Å². The van der Waals surface area contributed by atoms with Crippen LogP contribution in [0.15, 0.2) is 41.3 Å². The van der Waals surface area contributed by atoms with Gasteiger partial charge in [0.15, 0.2) is 0 Å². The van der Waals surface area contributed by atoms with Crippen molar-refractivity contribution in [3.8, 4) is 11.5 Å². The van der Waals surface area contributed by atoms with Crippen molar-refractivity contribution in [3.63, 3.8) is 0 Å². The van der Waals surface area contributed by atoms with Crippen LogP contribution in [0.4, 0.5) is 0 Å². The Labute approximate surface area is 185 Å². The summed E-state index contributed by atoms with van der Waals surface area (Å²) in [5.74, 6) is 1.68. The molecule has 152 valence electrons. The van der Waals surface area contributed by atoms with Crippen LogP contribution in [0.5, 0.6) is 11.5 Å². The molecule has 1 saturated heterocycles. The smallest absolute Gasteiger partial charge is 0.263 e. The van der Waals surface area contributed by atoms with E-state index in [-0.39, 0.29) is 5.91 Å². The van der Waals surface area contributed by atoms with Gasteiger partial charge in [-0.15, -0.1) is 0 Å². The number of aryl methyl sites for hydroxylation is 1. The maximum atomic E-state index is 11.9. The molecule has 3 rings (SSSR count). The zero-order valence-corrected chi connectivity index (χ0v) is 18.8. The molecule has 0 radical (unpaired) electrons. The molecule has 0 atom stereocenters. The first-order chi connectivity index (χ1) is 13.8. The minimum absolute atomic E-state index is 0.213. The van der Waals surface area contributed by atoms with Crippen molar-refractivity contribution in [2.24, 2.45) is 0 Å². The topological polar surface area (TPSA) is 47.6 Å². The third-order valence-electron chi connectivity index (χ3n) is 4.29. The van der Waals surface area contributed by atoms with Crippen molar-refractivity contribution in [3.05, 3.63) is 63.0 Å². The Morgan fingerprint density at radius 1 is 1.14 bits per heavy atom. The van der Waals surface area contributed by atoms with E-state index < -0.39 is 0 Å². The SMILES string of the molecule is Cc1ccc(C(C)C)c(OCCOc2ccc(Cl)cc2C=C2SC(=S)NC2=O)c1. The minimum atomic E-state index is -0.213. The Bertz CT molecular complexity index is 973. The van der Waals surface area contributed by atoms with Gasteiger partial charge in [0.2, 0.25) is 0 Å². The molecule has 0 unspecified atom stereocenters. The van der Waals surface area contributed by atoms with E-state index in [0.717, 1.165) is 16.9 Å². The normalized spacial score (nSPS) is 15.1. The van der Waals surface area contributed by atoms with Gasteiger partial charge >= 0.3 is 0 Å². The predicted molar refractivity (Wildman–Crippen MR) is 124 cm³/mol. The number of hydrogen-bond acceptors (Lipinski definition) is 5. The highest BCUT2D eigenvalue weighted by Gasteiger charge is 2.22. The zero-order valence-electron chi connectivity index (χ0n) is 16.5. The number of amides is 1. The summed E-state index contributed by atoms with van der Waals surface area (Å²) in [6, 6.07) is 11.5. The van der Waals surface area contributed by atoms with Crippen LogP contribution < -0.4 is 14.8 Å². The number of thiocarbonyl (C=S) groups is 1. The van der Waals surface area contributed by atoms with Crippen molar-refractivity contribution < 1.29 is 14.3 Å². The first-order valence-corrected chi connectivity index (χ1v) is 10.8. The van der Waals surface area contributed by atoms with Crippen molar-refractivity contribution in [2.75, 3.05) is 13.2 Å². The molecule has 2 aromatic carbocycles. The van der Waals surface area contributed by atoms with E-state index in [1.54, 1.807) is 24.3 Å². The summed E-state index contributed by atoms with van der Waals surface area (Å²) in [4.78, 5) is 12.4. The highest BCUT2D eigenvalue weighted by Crippen LogP contribution is 2.31. The Balaban J connectivity index is 1.68. The predicted octanol–water partition coefficient (Wildman–Crippen LogP) is 5.72. The third-order valence-corrected chi connectivity index (χ3v) is 5.69. The number of hydrogen-bond donors (Lipinski definition) is 1. The molecule has 1 aliphatic heterocycles. The summed E-state index contributed by atoms with van der Waals surface area (Å²) in [6.45, 7) is 7.10. The van der Waals surface area contributed by atoms with E-state index in [1.807, 2.05) is 13.0 Å². The van der Waals surface area contributed by atoms with Crippen molar-refractivity contribution in [1.82, 2.24) is 5.32 Å². The lowest BCUT2D eigenvalue weighted by atomic mass is 10.0. The maximum absolute atomic E-state index is 11.9. The van der Waals surface area contributed by atoms with Crippen LogP contribution in [0.2, 0.25) is 5.02 Å². The maximum Gasteiger partial charge on any atom is 0.263 e. The third kappa shape index (κ3) is 5.75. The number of carbonyl (C=O) groups is 1. The molecule has 7 heteroatoms. The van der Waals surface area contributed by atoms with Gasteiger partial charge in [0.05, 0.1) is 4.91 Å². The quantitative estimate of drug-likeness (QED) is 0.334. The minimum Gasteiger partial charge on any atom is -0.490 e. The van der Waals surface area contributed by atoms with Crippen molar-refractivity contribution in [1.29, 1.82) is 0 Å². The fourth-order valence-electron chi connectivity index (χ4n) is 2.87. The molecule has 4 nitrogen and oxygen atoms in total. The molecule has 1 aliphatic rings.